The van der Waals surface area contributed by atoms with Gasteiger partial charge in [-0.05, 0) is 78.8 Å². The highest BCUT2D eigenvalue weighted by molar-refractivity contribution is 6.23. The zero-order valence-corrected chi connectivity index (χ0v) is 29.6. The molecule has 2 heterocycles. The van der Waals surface area contributed by atoms with Crippen molar-refractivity contribution < 1.29 is 4.42 Å². The number of benzene rings is 9. The fourth-order valence-electron chi connectivity index (χ4n) is 8.18. The summed E-state index contributed by atoms with van der Waals surface area (Å²) in [6.45, 7) is 0. The first kappa shape index (κ1) is 31.1. The van der Waals surface area contributed by atoms with Crippen molar-refractivity contribution in [2.75, 3.05) is 0 Å². The molecule has 0 saturated carbocycles. The molecule has 11 aromatic rings. The average molecular weight is 702 g/mol. The lowest BCUT2D eigenvalue weighted by Crippen LogP contribution is -2.01. The summed E-state index contributed by atoms with van der Waals surface area (Å²) in [5.41, 5.74) is 8.99. The third-order valence-electron chi connectivity index (χ3n) is 10.7. The van der Waals surface area contributed by atoms with E-state index >= 15 is 0 Å². The van der Waals surface area contributed by atoms with Gasteiger partial charge >= 0.3 is 0 Å². The minimum atomic E-state index is 0.596. The van der Waals surface area contributed by atoms with E-state index in [-0.39, 0.29) is 0 Å². The van der Waals surface area contributed by atoms with Gasteiger partial charge in [-0.15, -0.1) is 0 Å². The van der Waals surface area contributed by atoms with E-state index < -0.39 is 0 Å². The first-order valence-corrected chi connectivity index (χ1v) is 18.5. The Balaban J connectivity index is 1.13. The predicted molar refractivity (Wildman–Crippen MR) is 227 cm³/mol. The molecular weight excluding hydrogens is 671 g/mol. The van der Waals surface area contributed by atoms with Crippen molar-refractivity contribution in [1.82, 2.24) is 15.0 Å². The Morgan fingerprint density at radius 3 is 1.69 bits per heavy atom. The van der Waals surface area contributed by atoms with Crippen LogP contribution >= 0.6 is 0 Å². The molecule has 0 saturated heterocycles. The maximum atomic E-state index is 6.62. The van der Waals surface area contributed by atoms with Crippen molar-refractivity contribution in [1.29, 1.82) is 0 Å². The summed E-state index contributed by atoms with van der Waals surface area (Å²) in [6.07, 6.45) is 0. The van der Waals surface area contributed by atoms with Crippen LogP contribution < -0.4 is 0 Å². The summed E-state index contributed by atoms with van der Waals surface area (Å²) in [4.78, 5) is 15.6. The number of furan rings is 1. The van der Waals surface area contributed by atoms with Crippen LogP contribution in [0.3, 0.4) is 0 Å². The molecule has 0 aliphatic carbocycles. The normalized spacial score (nSPS) is 11.6. The Morgan fingerprint density at radius 1 is 0.291 bits per heavy atom. The second-order valence-corrected chi connectivity index (χ2v) is 13.9. The van der Waals surface area contributed by atoms with E-state index in [4.69, 9.17) is 19.4 Å². The van der Waals surface area contributed by atoms with Gasteiger partial charge in [-0.3, -0.25) is 0 Å². The van der Waals surface area contributed by atoms with Crippen LogP contribution in [-0.4, -0.2) is 15.0 Å². The smallest absolute Gasteiger partial charge is 0.164 e. The molecule has 0 atom stereocenters. The van der Waals surface area contributed by atoms with E-state index in [1.807, 2.05) is 36.4 Å². The monoisotopic (exact) mass is 701 g/mol. The molecule has 0 aliphatic heterocycles. The molecule has 4 heteroatoms. The maximum absolute atomic E-state index is 6.62. The summed E-state index contributed by atoms with van der Waals surface area (Å²) >= 11 is 0. The quantitative estimate of drug-likeness (QED) is 0.168. The van der Waals surface area contributed by atoms with Gasteiger partial charge in [-0.2, -0.15) is 0 Å². The molecule has 0 N–H and O–H groups in total. The van der Waals surface area contributed by atoms with Crippen molar-refractivity contribution in [2.45, 2.75) is 0 Å². The van der Waals surface area contributed by atoms with Gasteiger partial charge in [0.15, 0.2) is 17.5 Å². The van der Waals surface area contributed by atoms with E-state index in [0.29, 0.717) is 17.5 Å². The van der Waals surface area contributed by atoms with Crippen molar-refractivity contribution in [3.8, 4) is 56.4 Å². The van der Waals surface area contributed by atoms with Crippen LogP contribution in [0.15, 0.2) is 192 Å². The van der Waals surface area contributed by atoms with Crippen LogP contribution in [0.5, 0.6) is 0 Å². The fraction of sp³-hybridized carbons (Fsp3) is 0. The van der Waals surface area contributed by atoms with E-state index in [9.17, 15) is 0 Å². The lowest BCUT2D eigenvalue weighted by Gasteiger charge is -2.14. The summed E-state index contributed by atoms with van der Waals surface area (Å²) in [5.74, 6) is 1.84. The molecule has 9 aromatic carbocycles. The van der Waals surface area contributed by atoms with Crippen molar-refractivity contribution in [2.24, 2.45) is 0 Å². The molecule has 2 aromatic heterocycles. The summed E-state index contributed by atoms with van der Waals surface area (Å²) in [7, 11) is 0. The Bertz CT molecular complexity index is 3260. The molecule has 4 nitrogen and oxygen atoms in total. The van der Waals surface area contributed by atoms with Gasteiger partial charge in [-0.1, -0.05) is 164 Å². The van der Waals surface area contributed by atoms with Crippen LogP contribution in [-0.2, 0) is 0 Å². The van der Waals surface area contributed by atoms with Crippen LogP contribution in [0.2, 0.25) is 0 Å². The second kappa shape index (κ2) is 12.6. The first-order chi connectivity index (χ1) is 27.3. The molecule has 0 radical (unpaired) electrons. The third kappa shape index (κ3) is 5.19. The van der Waals surface area contributed by atoms with E-state index in [2.05, 4.69) is 152 Å². The standard InChI is InChI=1S/C51H31N3O/c1-3-14-32(15-4-1)37-19-9-10-20-38(37)35-28-29-42-46(31-35)55-45-25-13-24-43(48(42)45)50-52-49(34-17-5-2-6-18-34)53-51(54-50)44-30-36-27-26-33-16-7-8-21-39(33)47(36)41-23-12-11-22-40(41)44/h1-31H. The molecule has 0 unspecified atom stereocenters. The molecule has 0 spiro atoms. The molecule has 0 bridgehead atoms. The molecule has 0 aliphatic rings. The minimum Gasteiger partial charge on any atom is -0.456 e. The van der Waals surface area contributed by atoms with Gasteiger partial charge in [0.1, 0.15) is 11.2 Å². The van der Waals surface area contributed by atoms with Gasteiger partial charge in [0.05, 0.1) is 0 Å². The lowest BCUT2D eigenvalue weighted by atomic mass is 9.93. The number of nitrogens with zero attached hydrogens (tertiary/aromatic N) is 3. The van der Waals surface area contributed by atoms with Crippen molar-refractivity contribution >= 4 is 54.3 Å². The molecule has 0 fully saturated rings. The number of hydrogen-bond acceptors (Lipinski definition) is 4. The largest absolute Gasteiger partial charge is 0.456 e. The highest BCUT2D eigenvalue weighted by Crippen LogP contribution is 2.41. The van der Waals surface area contributed by atoms with Crippen LogP contribution in [0.1, 0.15) is 0 Å². The Hall–Kier alpha value is -7.43. The zero-order chi connectivity index (χ0) is 36.3. The highest BCUT2D eigenvalue weighted by Gasteiger charge is 2.20. The summed E-state index contributed by atoms with van der Waals surface area (Å²) < 4.78 is 6.62. The van der Waals surface area contributed by atoms with Crippen molar-refractivity contribution in [3.63, 3.8) is 0 Å². The molecule has 0 amide bonds. The SMILES string of the molecule is c1ccc(-c2nc(-c3cc4ccc5ccccc5c4c4ccccc34)nc(-c3cccc4oc5cc(-c6ccccc6-c6ccccc6)ccc5c34)n2)cc1. The fourth-order valence-corrected chi connectivity index (χ4v) is 8.18. The molecule has 256 valence electrons. The second-order valence-electron chi connectivity index (χ2n) is 13.9. The van der Waals surface area contributed by atoms with Crippen LogP contribution in [0.4, 0.5) is 0 Å². The lowest BCUT2D eigenvalue weighted by molar-refractivity contribution is 0.669. The first-order valence-electron chi connectivity index (χ1n) is 18.5. The van der Waals surface area contributed by atoms with E-state index in [1.165, 1.54) is 32.7 Å². The maximum Gasteiger partial charge on any atom is 0.164 e. The summed E-state index contributed by atoms with van der Waals surface area (Å²) in [5, 5.41) is 9.08. The molecule has 55 heavy (non-hydrogen) atoms. The number of fused-ring (bicyclic) bond motifs is 8. The summed E-state index contributed by atoms with van der Waals surface area (Å²) in [6, 6.07) is 65.7. The van der Waals surface area contributed by atoms with E-state index in [0.717, 1.165) is 60.5 Å². The third-order valence-corrected chi connectivity index (χ3v) is 10.7. The highest BCUT2D eigenvalue weighted by atomic mass is 16.3. The number of aromatic nitrogens is 3. The minimum absolute atomic E-state index is 0.596. The Kier molecular flexibility index (Phi) is 7.14. The van der Waals surface area contributed by atoms with Gasteiger partial charge in [-0.25, -0.2) is 15.0 Å². The number of hydrogen-bond donors (Lipinski definition) is 0. The van der Waals surface area contributed by atoms with Gasteiger partial charge < -0.3 is 4.42 Å². The van der Waals surface area contributed by atoms with Gasteiger partial charge in [0, 0.05) is 27.5 Å². The van der Waals surface area contributed by atoms with Crippen molar-refractivity contribution in [3.05, 3.63) is 188 Å². The Labute approximate surface area is 317 Å². The topological polar surface area (TPSA) is 51.8 Å². The van der Waals surface area contributed by atoms with Gasteiger partial charge in [0.25, 0.3) is 0 Å². The Morgan fingerprint density at radius 2 is 0.891 bits per heavy atom. The van der Waals surface area contributed by atoms with Crippen LogP contribution in [0, 0.1) is 0 Å². The molecular formula is C51H31N3O. The molecule has 11 rings (SSSR count). The zero-order valence-electron chi connectivity index (χ0n) is 29.6. The number of rotatable bonds is 5. The van der Waals surface area contributed by atoms with Gasteiger partial charge in [0.2, 0.25) is 0 Å². The predicted octanol–water partition coefficient (Wildman–Crippen LogP) is 13.6. The average Bonchev–Trinajstić information content (AvgIpc) is 3.64. The van der Waals surface area contributed by atoms with E-state index in [1.54, 1.807) is 0 Å². The van der Waals surface area contributed by atoms with Crippen LogP contribution in [0.25, 0.3) is 111 Å².